The normalized spacial score (nSPS) is 13.4. The van der Waals surface area contributed by atoms with Gasteiger partial charge in [0.2, 0.25) is 11.8 Å². The maximum absolute atomic E-state index is 13.1. The standard InChI is InChI=1S/C26H33N7O3/c27-21(14-18-15-31-22-10-5-4-9-20(18)22)24(35)33-23(11-6-12-30-26(28)29)25(36)32-19(16-34)13-17-7-2-1-3-8-17/h1-5,7-10,15-16,19,21,23,31H,6,11-14,27H2,(H,32,36)(H,33,35)(H4,28,29,30)/t19-,21-,23-/m0/s1. The van der Waals surface area contributed by atoms with Gasteiger partial charge in [0, 0.05) is 23.6 Å². The van der Waals surface area contributed by atoms with Crippen LogP contribution in [-0.2, 0) is 27.2 Å². The van der Waals surface area contributed by atoms with Gasteiger partial charge in [0.1, 0.15) is 12.3 Å². The van der Waals surface area contributed by atoms with Crippen molar-refractivity contribution in [1.29, 1.82) is 0 Å². The first-order chi connectivity index (χ1) is 17.4. The minimum Gasteiger partial charge on any atom is -0.370 e. The molecule has 3 rings (SSSR count). The summed E-state index contributed by atoms with van der Waals surface area (Å²) in [6.07, 6.45) is 3.86. The second kappa shape index (κ2) is 13.1. The quantitative estimate of drug-likeness (QED) is 0.0876. The van der Waals surface area contributed by atoms with Gasteiger partial charge in [0.25, 0.3) is 0 Å². The molecule has 0 unspecified atom stereocenters. The van der Waals surface area contributed by atoms with Crippen molar-refractivity contribution in [1.82, 2.24) is 15.6 Å². The largest absolute Gasteiger partial charge is 0.370 e. The Bertz CT molecular complexity index is 1190. The number of carbonyl (C=O) groups is 3. The molecule has 1 heterocycles. The Balaban J connectivity index is 1.65. The lowest BCUT2D eigenvalue weighted by Crippen LogP contribution is -2.54. The lowest BCUT2D eigenvalue weighted by molar-refractivity contribution is -0.130. The summed E-state index contributed by atoms with van der Waals surface area (Å²) in [4.78, 5) is 44.7. The van der Waals surface area contributed by atoms with E-state index in [1.807, 2.05) is 60.8 Å². The number of rotatable bonds is 13. The van der Waals surface area contributed by atoms with Crippen molar-refractivity contribution in [3.05, 3.63) is 71.9 Å². The van der Waals surface area contributed by atoms with E-state index in [1.165, 1.54) is 0 Å². The van der Waals surface area contributed by atoms with E-state index in [4.69, 9.17) is 17.2 Å². The van der Waals surface area contributed by atoms with Crippen molar-refractivity contribution in [3.8, 4) is 0 Å². The first kappa shape index (κ1) is 26.4. The summed E-state index contributed by atoms with van der Waals surface area (Å²) in [5, 5.41) is 6.46. The third-order valence-corrected chi connectivity index (χ3v) is 5.82. The zero-order chi connectivity index (χ0) is 25.9. The molecule has 10 heteroatoms. The minimum absolute atomic E-state index is 0.0512. The van der Waals surface area contributed by atoms with Crippen LogP contribution in [0.4, 0.5) is 0 Å². The fourth-order valence-electron chi connectivity index (χ4n) is 3.97. The van der Waals surface area contributed by atoms with Crippen molar-refractivity contribution in [2.45, 2.75) is 43.8 Å². The molecule has 0 radical (unpaired) electrons. The number of guanidine groups is 1. The number of fused-ring (bicyclic) bond motifs is 1. The second-order valence-corrected chi connectivity index (χ2v) is 8.62. The van der Waals surface area contributed by atoms with Gasteiger partial charge >= 0.3 is 0 Å². The Kier molecular flexibility index (Phi) is 9.58. The van der Waals surface area contributed by atoms with E-state index in [2.05, 4.69) is 20.6 Å². The van der Waals surface area contributed by atoms with Crippen LogP contribution in [0.15, 0.2) is 65.8 Å². The number of nitrogens with two attached hydrogens (primary N) is 3. The molecule has 9 N–H and O–H groups in total. The zero-order valence-electron chi connectivity index (χ0n) is 20.0. The molecule has 0 aliphatic rings. The van der Waals surface area contributed by atoms with E-state index in [0.717, 1.165) is 22.0 Å². The van der Waals surface area contributed by atoms with E-state index in [0.29, 0.717) is 32.1 Å². The lowest BCUT2D eigenvalue weighted by Gasteiger charge is -2.22. The number of benzene rings is 2. The smallest absolute Gasteiger partial charge is 0.243 e. The number of aldehydes is 1. The summed E-state index contributed by atoms with van der Waals surface area (Å²) in [6.45, 7) is 0.296. The highest BCUT2D eigenvalue weighted by molar-refractivity contribution is 5.91. The van der Waals surface area contributed by atoms with E-state index >= 15 is 0 Å². The number of carbonyl (C=O) groups excluding carboxylic acids is 3. The predicted octanol–water partition coefficient (Wildman–Crippen LogP) is 0.503. The van der Waals surface area contributed by atoms with E-state index < -0.39 is 29.9 Å². The molecule has 1 aromatic heterocycles. The van der Waals surface area contributed by atoms with Crippen molar-refractivity contribution in [3.63, 3.8) is 0 Å². The van der Waals surface area contributed by atoms with Crippen molar-refractivity contribution < 1.29 is 14.4 Å². The number of H-pyrrole nitrogens is 1. The van der Waals surface area contributed by atoms with Crippen LogP contribution in [-0.4, -0.2) is 53.7 Å². The summed E-state index contributed by atoms with van der Waals surface area (Å²) >= 11 is 0. The van der Waals surface area contributed by atoms with Gasteiger partial charge in [-0.2, -0.15) is 0 Å². The molecule has 36 heavy (non-hydrogen) atoms. The Morgan fingerprint density at radius 2 is 1.69 bits per heavy atom. The Morgan fingerprint density at radius 1 is 0.972 bits per heavy atom. The van der Waals surface area contributed by atoms with Gasteiger partial charge in [-0.3, -0.25) is 14.6 Å². The van der Waals surface area contributed by atoms with E-state index in [-0.39, 0.29) is 12.4 Å². The molecule has 0 saturated carbocycles. The molecule has 2 amide bonds. The molecular weight excluding hydrogens is 458 g/mol. The van der Waals surface area contributed by atoms with Crippen LogP contribution >= 0.6 is 0 Å². The summed E-state index contributed by atoms with van der Waals surface area (Å²) < 4.78 is 0. The van der Waals surface area contributed by atoms with Crippen molar-refractivity contribution >= 4 is 35.0 Å². The van der Waals surface area contributed by atoms with Gasteiger partial charge < -0.3 is 37.6 Å². The molecule has 0 fully saturated rings. The van der Waals surface area contributed by atoms with Crippen LogP contribution in [0.3, 0.4) is 0 Å². The molecule has 3 atom stereocenters. The summed E-state index contributed by atoms with van der Waals surface area (Å²) in [5.74, 6) is -0.988. The van der Waals surface area contributed by atoms with Gasteiger partial charge in [-0.05, 0) is 42.9 Å². The average molecular weight is 492 g/mol. The number of para-hydroxylation sites is 1. The minimum atomic E-state index is -0.904. The van der Waals surface area contributed by atoms with Crippen LogP contribution in [0.1, 0.15) is 24.0 Å². The number of nitrogens with zero attached hydrogens (tertiary/aromatic N) is 1. The molecule has 0 saturated heterocycles. The second-order valence-electron chi connectivity index (χ2n) is 8.62. The SMILES string of the molecule is NC(N)=NCCC[C@H](NC(=O)[C@@H](N)Cc1c[nH]c2ccccc12)C(=O)N[C@H](C=O)Cc1ccccc1. The predicted molar refractivity (Wildman–Crippen MR) is 140 cm³/mol. The average Bonchev–Trinajstić information content (AvgIpc) is 3.28. The molecule has 0 spiro atoms. The zero-order valence-corrected chi connectivity index (χ0v) is 20.0. The molecule has 3 aromatic rings. The van der Waals surface area contributed by atoms with Gasteiger partial charge in [0.15, 0.2) is 5.96 Å². The number of amides is 2. The van der Waals surface area contributed by atoms with Crippen LogP contribution in [0.25, 0.3) is 10.9 Å². The van der Waals surface area contributed by atoms with E-state index in [9.17, 15) is 14.4 Å². The number of hydrogen-bond donors (Lipinski definition) is 6. The first-order valence-electron chi connectivity index (χ1n) is 11.8. The van der Waals surface area contributed by atoms with Crippen molar-refractivity contribution in [2.75, 3.05) is 6.54 Å². The fourth-order valence-corrected chi connectivity index (χ4v) is 3.97. The van der Waals surface area contributed by atoms with Gasteiger partial charge in [-0.25, -0.2) is 0 Å². The molecule has 190 valence electrons. The molecule has 0 bridgehead atoms. The number of nitrogens with one attached hydrogen (secondary N) is 3. The monoisotopic (exact) mass is 491 g/mol. The number of aromatic nitrogens is 1. The van der Waals surface area contributed by atoms with Crippen molar-refractivity contribution in [2.24, 2.45) is 22.2 Å². The highest BCUT2D eigenvalue weighted by Gasteiger charge is 2.26. The Labute approximate surface area is 209 Å². The number of aromatic amines is 1. The van der Waals surface area contributed by atoms with E-state index in [1.54, 1.807) is 0 Å². The molecule has 10 nitrogen and oxygen atoms in total. The maximum atomic E-state index is 13.1. The van der Waals surface area contributed by atoms with Gasteiger partial charge in [-0.1, -0.05) is 48.5 Å². The Hall–Kier alpha value is -4.18. The van der Waals surface area contributed by atoms with Crippen LogP contribution in [0.2, 0.25) is 0 Å². The van der Waals surface area contributed by atoms with Gasteiger partial charge in [0.05, 0.1) is 12.1 Å². The number of aliphatic imine (C=N–C) groups is 1. The maximum Gasteiger partial charge on any atom is 0.243 e. The number of hydrogen-bond acceptors (Lipinski definition) is 5. The fraction of sp³-hybridized carbons (Fsp3) is 0.308. The highest BCUT2D eigenvalue weighted by atomic mass is 16.2. The topological polar surface area (TPSA) is 181 Å². The van der Waals surface area contributed by atoms with Crippen LogP contribution in [0, 0.1) is 0 Å². The molecular formula is C26H33N7O3. The Morgan fingerprint density at radius 3 is 2.42 bits per heavy atom. The summed E-state index contributed by atoms with van der Waals surface area (Å²) in [6, 6.07) is 14.6. The third-order valence-electron chi connectivity index (χ3n) is 5.82. The van der Waals surface area contributed by atoms with Crippen LogP contribution < -0.4 is 27.8 Å². The summed E-state index contributed by atoms with van der Waals surface area (Å²) in [7, 11) is 0. The molecule has 0 aliphatic heterocycles. The highest BCUT2D eigenvalue weighted by Crippen LogP contribution is 2.18. The van der Waals surface area contributed by atoms with Crippen LogP contribution in [0.5, 0.6) is 0 Å². The lowest BCUT2D eigenvalue weighted by atomic mass is 10.0. The molecule has 0 aliphatic carbocycles. The molecule has 2 aromatic carbocycles. The summed E-state index contributed by atoms with van der Waals surface area (Å²) in [5.41, 5.74) is 19.7. The van der Waals surface area contributed by atoms with Gasteiger partial charge in [-0.15, -0.1) is 0 Å². The first-order valence-corrected chi connectivity index (χ1v) is 11.8. The third kappa shape index (κ3) is 7.67.